The number of nitrogens with zero attached hydrogens (tertiary/aromatic N) is 3. The molecule has 0 aliphatic heterocycles. The minimum absolute atomic E-state index is 0.525. The molecule has 1 N–H and O–H groups in total. The largest absolute Gasteiger partial charge is 0.416 e. The Bertz CT molecular complexity index is 893. The zero-order valence-electron chi connectivity index (χ0n) is 15.0. The highest BCUT2D eigenvalue weighted by atomic mass is 19.4. The van der Waals surface area contributed by atoms with Gasteiger partial charge in [-0.2, -0.15) is 13.2 Å². The maximum absolute atomic E-state index is 12.7. The zero-order chi connectivity index (χ0) is 19.4. The van der Waals surface area contributed by atoms with Crippen molar-refractivity contribution in [2.24, 2.45) is 0 Å². The SMILES string of the molecule is Cc1nc(Nc2ccc(C(F)(F)F)cc2)cc(N(C)Cc2ccccc2)n1. The second-order valence-corrected chi connectivity index (χ2v) is 6.20. The van der Waals surface area contributed by atoms with Crippen LogP contribution in [0.4, 0.5) is 30.5 Å². The molecule has 0 saturated heterocycles. The summed E-state index contributed by atoms with van der Waals surface area (Å²) < 4.78 is 38.0. The van der Waals surface area contributed by atoms with Crippen LogP contribution >= 0.6 is 0 Å². The summed E-state index contributed by atoms with van der Waals surface area (Å²) in [5.74, 6) is 1.82. The lowest BCUT2D eigenvalue weighted by molar-refractivity contribution is -0.137. The van der Waals surface area contributed by atoms with Gasteiger partial charge in [-0.25, -0.2) is 9.97 Å². The minimum Gasteiger partial charge on any atom is -0.355 e. The van der Waals surface area contributed by atoms with E-state index in [0.29, 0.717) is 23.9 Å². The van der Waals surface area contributed by atoms with E-state index in [1.165, 1.54) is 12.1 Å². The van der Waals surface area contributed by atoms with E-state index in [-0.39, 0.29) is 0 Å². The maximum atomic E-state index is 12.7. The molecule has 0 bridgehead atoms. The number of anilines is 3. The van der Waals surface area contributed by atoms with Crippen LogP contribution in [0.3, 0.4) is 0 Å². The monoisotopic (exact) mass is 372 g/mol. The molecule has 2 aromatic carbocycles. The normalized spacial score (nSPS) is 11.3. The fourth-order valence-corrected chi connectivity index (χ4v) is 2.64. The highest BCUT2D eigenvalue weighted by molar-refractivity contribution is 5.60. The molecule has 0 spiro atoms. The number of halogens is 3. The van der Waals surface area contributed by atoms with Crippen LogP contribution in [0.2, 0.25) is 0 Å². The predicted molar refractivity (Wildman–Crippen MR) is 100 cm³/mol. The first-order valence-electron chi connectivity index (χ1n) is 8.36. The van der Waals surface area contributed by atoms with Gasteiger partial charge in [0.1, 0.15) is 17.5 Å². The highest BCUT2D eigenvalue weighted by Crippen LogP contribution is 2.30. The van der Waals surface area contributed by atoms with Crippen molar-refractivity contribution in [1.82, 2.24) is 9.97 Å². The molecule has 0 amide bonds. The molecule has 0 aliphatic carbocycles. The van der Waals surface area contributed by atoms with Gasteiger partial charge in [0.15, 0.2) is 0 Å². The van der Waals surface area contributed by atoms with Gasteiger partial charge in [-0.05, 0) is 36.8 Å². The summed E-state index contributed by atoms with van der Waals surface area (Å²) in [6.07, 6.45) is -4.35. The third-order valence-corrected chi connectivity index (χ3v) is 3.96. The predicted octanol–water partition coefficient (Wildman–Crippen LogP) is 5.18. The van der Waals surface area contributed by atoms with E-state index in [1.807, 2.05) is 42.3 Å². The third-order valence-electron chi connectivity index (χ3n) is 3.96. The van der Waals surface area contributed by atoms with Gasteiger partial charge in [0.25, 0.3) is 0 Å². The number of hydrogen-bond donors (Lipinski definition) is 1. The third kappa shape index (κ3) is 4.97. The van der Waals surface area contributed by atoms with E-state index in [4.69, 9.17) is 0 Å². The molecule has 1 aromatic heterocycles. The van der Waals surface area contributed by atoms with Gasteiger partial charge in [-0.1, -0.05) is 30.3 Å². The molecule has 140 valence electrons. The first-order chi connectivity index (χ1) is 12.8. The van der Waals surface area contributed by atoms with E-state index in [0.717, 1.165) is 23.5 Å². The number of aromatic nitrogens is 2. The molecule has 27 heavy (non-hydrogen) atoms. The maximum Gasteiger partial charge on any atom is 0.416 e. The van der Waals surface area contributed by atoms with E-state index in [1.54, 1.807) is 13.0 Å². The number of rotatable bonds is 5. The van der Waals surface area contributed by atoms with Crippen molar-refractivity contribution in [3.05, 3.63) is 77.6 Å². The molecule has 1 heterocycles. The lowest BCUT2D eigenvalue weighted by atomic mass is 10.2. The van der Waals surface area contributed by atoms with E-state index in [2.05, 4.69) is 15.3 Å². The van der Waals surface area contributed by atoms with Crippen molar-refractivity contribution >= 4 is 17.3 Å². The number of alkyl halides is 3. The Morgan fingerprint density at radius 2 is 1.63 bits per heavy atom. The molecule has 0 aliphatic rings. The van der Waals surface area contributed by atoms with Crippen molar-refractivity contribution in [3.8, 4) is 0 Å². The first-order valence-corrected chi connectivity index (χ1v) is 8.36. The van der Waals surface area contributed by atoms with Crippen LogP contribution in [0.1, 0.15) is 17.0 Å². The summed E-state index contributed by atoms with van der Waals surface area (Å²) in [5.41, 5.74) is 0.987. The molecular weight excluding hydrogens is 353 g/mol. The smallest absolute Gasteiger partial charge is 0.355 e. The summed E-state index contributed by atoms with van der Waals surface area (Å²) >= 11 is 0. The average Bonchev–Trinajstić information content (AvgIpc) is 2.62. The van der Waals surface area contributed by atoms with E-state index < -0.39 is 11.7 Å². The van der Waals surface area contributed by atoms with Gasteiger partial charge in [0, 0.05) is 25.3 Å². The van der Waals surface area contributed by atoms with Crippen LogP contribution < -0.4 is 10.2 Å². The standard InChI is InChI=1S/C20H19F3N4/c1-14-24-18(26-17-10-8-16(9-11-17)20(21,22)23)12-19(25-14)27(2)13-15-6-4-3-5-7-15/h3-12H,13H2,1-2H3,(H,24,25,26). The van der Waals surface area contributed by atoms with Crippen molar-refractivity contribution in [1.29, 1.82) is 0 Å². The summed E-state index contributed by atoms with van der Waals surface area (Å²) in [6.45, 7) is 2.45. The Morgan fingerprint density at radius 3 is 2.26 bits per heavy atom. The second-order valence-electron chi connectivity index (χ2n) is 6.20. The van der Waals surface area contributed by atoms with E-state index >= 15 is 0 Å². The molecular formula is C20H19F3N4. The van der Waals surface area contributed by atoms with Gasteiger partial charge in [-0.3, -0.25) is 0 Å². The molecule has 0 unspecified atom stereocenters. The topological polar surface area (TPSA) is 41.1 Å². The molecule has 7 heteroatoms. The number of benzene rings is 2. The minimum atomic E-state index is -4.35. The van der Waals surface area contributed by atoms with Crippen LogP contribution in [0.25, 0.3) is 0 Å². The Balaban J connectivity index is 1.77. The van der Waals surface area contributed by atoms with E-state index in [9.17, 15) is 13.2 Å². The Labute approximate surface area is 155 Å². The van der Waals surface area contributed by atoms with Crippen LogP contribution in [0.15, 0.2) is 60.7 Å². The second kappa shape index (κ2) is 7.65. The fraction of sp³-hybridized carbons (Fsp3) is 0.200. The van der Waals surface area contributed by atoms with Gasteiger partial charge < -0.3 is 10.2 Å². The molecule has 3 rings (SSSR count). The average molecular weight is 372 g/mol. The molecule has 0 atom stereocenters. The Hall–Kier alpha value is -3.09. The number of hydrogen-bond acceptors (Lipinski definition) is 4. The van der Waals surface area contributed by atoms with Crippen molar-refractivity contribution in [2.45, 2.75) is 19.6 Å². The molecule has 0 saturated carbocycles. The summed E-state index contributed by atoms with van der Waals surface area (Å²) in [7, 11) is 1.93. The number of aryl methyl sites for hydroxylation is 1. The summed E-state index contributed by atoms with van der Waals surface area (Å²) in [5, 5.41) is 3.04. The fourth-order valence-electron chi connectivity index (χ4n) is 2.64. The highest BCUT2D eigenvalue weighted by Gasteiger charge is 2.29. The van der Waals surface area contributed by atoms with Crippen LogP contribution in [-0.2, 0) is 12.7 Å². The lowest BCUT2D eigenvalue weighted by Gasteiger charge is -2.19. The van der Waals surface area contributed by atoms with Crippen LogP contribution in [0, 0.1) is 6.92 Å². The van der Waals surface area contributed by atoms with Gasteiger partial charge in [0.2, 0.25) is 0 Å². The Morgan fingerprint density at radius 1 is 0.963 bits per heavy atom. The van der Waals surface area contributed by atoms with Crippen molar-refractivity contribution in [3.63, 3.8) is 0 Å². The molecule has 4 nitrogen and oxygen atoms in total. The lowest BCUT2D eigenvalue weighted by Crippen LogP contribution is -2.18. The zero-order valence-corrected chi connectivity index (χ0v) is 15.0. The molecule has 0 radical (unpaired) electrons. The number of nitrogens with one attached hydrogen (secondary N) is 1. The van der Waals surface area contributed by atoms with Gasteiger partial charge in [-0.15, -0.1) is 0 Å². The van der Waals surface area contributed by atoms with Crippen LogP contribution in [0.5, 0.6) is 0 Å². The summed E-state index contributed by atoms with van der Waals surface area (Å²) in [4.78, 5) is 10.8. The quantitative estimate of drug-likeness (QED) is 0.670. The van der Waals surface area contributed by atoms with Crippen molar-refractivity contribution in [2.75, 3.05) is 17.3 Å². The summed E-state index contributed by atoms with van der Waals surface area (Å²) in [6, 6.07) is 16.6. The van der Waals surface area contributed by atoms with Gasteiger partial charge >= 0.3 is 6.18 Å². The molecule has 0 fully saturated rings. The molecule has 3 aromatic rings. The van der Waals surface area contributed by atoms with Crippen LogP contribution in [-0.4, -0.2) is 17.0 Å². The van der Waals surface area contributed by atoms with Crippen molar-refractivity contribution < 1.29 is 13.2 Å². The first kappa shape index (κ1) is 18.7. The van der Waals surface area contributed by atoms with Gasteiger partial charge in [0.05, 0.1) is 5.56 Å². The Kier molecular flexibility index (Phi) is 5.30.